The number of benzene rings is 1. The van der Waals surface area contributed by atoms with Gasteiger partial charge in [-0.15, -0.1) is 0 Å². The van der Waals surface area contributed by atoms with E-state index >= 15 is 0 Å². The molecule has 1 atom stereocenters. The number of aromatic amines is 1. The lowest BCUT2D eigenvalue weighted by Gasteiger charge is -2.18. The van der Waals surface area contributed by atoms with E-state index in [1.165, 1.54) is 24.3 Å². The molecule has 3 rings (SSSR count). The summed E-state index contributed by atoms with van der Waals surface area (Å²) in [7, 11) is 0. The van der Waals surface area contributed by atoms with Crippen LogP contribution in [0.2, 0.25) is 0 Å². The van der Waals surface area contributed by atoms with Crippen molar-refractivity contribution in [2.24, 2.45) is 0 Å². The van der Waals surface area contributed by atoms with Gasteiger partial charge in [0, 0.05) is 11.3 Å². The van der Waals surface area contributed by atoms with E-state index in [-0.39, 0.29) is 6.42 Å². The molecule has 1 heterocycles. The van der Waals surface area contributed by atoms with E-state index in [1.54, 1.807) is 0 Å². The molecule has 1 aromatic heterocycles. The number of carboxylic acids is 1. The van der Waals surface area contributed by atoms with Gasteiger partial charge in [0.1, 0.15) is 5.82 Å². The van der Waals surface area contributed by atoms with Crippen LogP contribution in [0.1, 0.15) is 52.6 Å². The Kier molecular flexibility index (Phi) is 4.59. The fraction of sp³-hybridized carbons (Fsp3) is 0.353. The van der Waals surface area contributed by atoms with Crippen molar-refractivity contribution in [3.8, 4) is 0 Å². The fourth-order valence-corrected chi connectivity index (χ4v) is 3.02. The number of fused-ring (bicyclic) bond motifs is 1. The van der Waals surface area contributed by atoms with Crippen molar-refractivity contribution in [2.75, 3.05) is 0 Å². The Morgan fingerprint density at radius 3 is 2.67 bits per heavy atom. The first kappa shape index (κ1) is 16.2. The molecule has 0 aliphatic heterocycles. The van der Waals surface area contributed by atoms with Gasteiger partial charge in [0.25, 0.3) is 5.91 Å². The lowest BCUT2D eigenvalue weighted by molar-refractivity contribution is -0.137. The second-order valence-electron chi connectivity index (χ2n) is 5.91. The molecule has 0 saturated carbocycles. The molecule has 6 nitrogen and oxygen atoms in total. The van der Waals surface area contributed by atoms with Crippen molar-refractivity contribution >= 4 is 11.9 Å². The number of hydrogen-bond donors (Lipinski definition) is 3. The van der Waals surface area contributed by atoms with Gasteiger partial charge in [-0.3, -0.25) is 14.7 Å². The highest BCUT2D eigenvalue weighted by Gasteiger charge is 2.25. The Bertz CT molecular complexity index is 755. The second kappa shape index (κ2) is 6.82. The molecule has 0 radical (unpaired) electrons. The third-order valence-corrected chi connectivity index (χ3v) is 4.23. The molecule has 2 aromatic rings. The number of amides is 1. The molecule has 126 valence electrons. The second-order valence-corrected chi connectivity index (χ2v) is 5.91. The number of hydrogen-bond acceptors (Lipinski definition) is 3. The van der Waals surface area contributed by atoms with Gasteiger partial charge in [-0.1, -0.05) is 12.1 Å². The lowest BCUT2D eigenvalue weighted by atomic mass is 9.95. The first-order valence-corrected chi connectivity index (χ1v) is 7.89. The maximum atomic E-state index is 13.1. The summed E-state index contributed by atoms with van der Waals surface area (Å²) < 4.78 is 13.1. The van der Waals surface area contributed by atoms with Gasteiger partial charge in [-0.05, 0) is 43.4 Å². The molecule has 1 aromatic carbocycles. The number of aryl methyl sites for hydroxylation is 1. The molecule has 7 heteroatoms. The van der Waals surface area contributed by atoms with E-state index in [0.29, 0.717) is 11.3 Å². The highest BCUT2D eigenvalue weighted by molar-refractivity contribution is 5.94. The Labute approximate surface area is 138 Å². The van der Waals surface area contributed by atoms with Crippen LogP contribution in [0.5, 0.6) is 0 Å². The average molecular weight is 331 g/mol. The minimum Gasteiger partial charge on any atom is -0.481 e. The van der Waals surface area contributed by atoms with Gasteiger partial charge in [0.2, 0.25) is 0 Å². The zero-order valence-corrected chi connectivity index (χ0v) is 13.0. The van der Waals surface area contributed by atoms with E-state index in [1.807, 2.05) is 0 Å². The Morgan fingerprint density at radius 1 is 1.25 bits per heavy atom. The first-order valence-electron chi connectivity index (χ1n) is 7.89. The van der Waals surface area contributed by atoms with Gasteiger partial charge in [-0.25, -0.2) is 4.39 Å². The van der Waals surface area contributed by atoms with Gasteiger partial charge in [0.05, 0.1) is 12.5 Å². The average Bonchev–Trinajstić information content (AvgIpc) is 2.98. The molecule has 1 unspecified atom stereocenters. The molecule has 0 spiro atoms. The smallest absolute Gasteiger partial charge is 0.305 e. The maximum Gasteiger partial charge on any atom is 0.305 e. The van der Waals surface area contributed by atoms with Crippen LogP contribution in [-0.2, 0) is 17.6 Å². The van der Waals surface area contributed by atoms with Crippen molar-refractivity contribution in [3.05, 3.63) is 52.6 Å². The predicted molar refractivity (Wildman–Crippen MR) is 84.1 cm³/mol. The van der Waals surface area contributed by atoms with Gasteiger partial charge < -0.3 is 10.4 Å². The molecule has 3 N–H and O–H groups in total. The molecule has 24 heavy (non-hydrogen) atoms. The van der Waals surface area contributed by atoms with Crippen LogP contribution in [0.4, 0.5) is 4.39 Å². The van der Waals surface area contributed by atoms with E-state index in [9.17, 15) is 14.0 Å². The monoisotopic (exact) mass is 331 g/mol. The van der Waals surface area contributed by atoms with Crippen molar-refractivity contribution in [2.45, 2.75) is 38.1 Å². The molecular formula is C17H18FN3O3. The van der Waals surface area contributed by atoms with Crippen molar-refractivity contribution in [3.63, 3.8) is 0 Å². The highest BCUT2D eigenvalue weighted by atomic mass is 19.1. The molecule has 1 aliphatic carbocycles. The minimum absolute atomic E-state index is 0.288. The van der Waals surface area contributed by atoms with Crippen LogP contribution in [-0.4, -0.2) is 27.2 Å². The number of carboxylic acid groups (broad SMARTS) is 1. The number of aliphatic carboxylic acids is 1. The predicted octanol–water partition coefficient (Wildman–Crippen LogP) is 2.37. The zero-order valence-electron chi connectivity index (χ0n) is 13.0. The number of nitrogens with zero attached hydrogens (tertiary/aromatic N) is 1. The van der Waals surface area contributed by atoms with Crippen molar-refractivity contribution in [1.82, 2.24) is 15.5 Å². The summed E-state index contributed by atoms with van der Waals surface area (Å²) in [5.41, 5.74) is 2.74. The summed E-state index contributed by atoms with van der Waals surface area (Å²) in [6, 6.07) is 4.69. The van der Waals surface area contributed by atoms with Gasteiger partial charge >= 0.3 is 5.97 Å². The molecule has 0 saturated heterocycles. The Hall–Kier alpha value is -2.70. The van der Waals surface area contributed by atoms with Crippen LogP contribution in [0, 0.1) is 5.82 Å². The van der Waals surface area contributed by atoms with E-state index in [0.717, 1.165) is 36.9 Å². The topological polar surface area (TPSA) is 95.1 Å². The summed E-state index contributed by atoms with van der Waals surface area (Å²) >= 11 is 0. The number of nitrogens with one attached hydrogen (secondary N) is 2. The third kappa shape index (κ3) is 3.45. The summed E-state index contributed by atoms with van der Waals surface area (Å²) in [6.07, 6.45) is 3.43. The summed E-state index contributed by atoms with van der Waals surface area (Å²) in [5.74, 6) is -1.88. The largest absolute Gasteiger partial charge is 0.481 e. The van der Waals surface area contributed by atoms with E-state index in [2.05, 4.69) is 15.5 Å². The number of carbonyl (C=O) groups excluding carboxylic acids is 1. The van der Waals surface area contributed by atoms with Crippen molar-refractivity contribution in [1.29, 1.82) is 0 Å². The summed E-state index contributed by atoms with van der Waals surface area (Å²) in [4.78, 5) is 23.7. The highest BCUT2D eigenvalue weighted by Crippen LogP contribution is 2.23. The zero-order chi connectivity index (χ0) is 17.1. The lowest BCUT2D eigenvalue weighted by Crippen LogP contribution is -2.31. The molecule has 1 amide bonds. The van der Waals surface area contributed by atoms with Crippen molar-refractivity contribution < 1.29 is 19.1 Å². The SMILES string of the molecule is O=C(O)CC(NC(=O)c1n[nH]c2c1CCCC2)c1ccc(F)cc1. The first-order chi connectivity index (χ1) is 11.5. The standard InChI is InChI=1S/C17H18FN3O3/c18-11-7-5-10(6-8-11)14(9-15(22)23)19-17(24)16-12-3-1-2-4-13(12)20-21-16/h5-8,14H,1-4,9H2,(H,19,24)(H,20,21)(H,22,23). The molecule has 0 fully saturated rings. The maximum absolute atomic E-state index is 13.1. The Morgan fingerprint density at radius 2 is 1.96 bits per heavy atom. The van der Waals surface area contributed by atoms with E-state index in [4.69, 9.17) is 5.11 Å². The Balaban J connectivity index is 1.81. The fourth-order valence-electron chi connectivity index (χ4n) is 3.02. The quantitative estimate of drug-likeness (QED) is 0.784. The van der Waals surface area contributed by atoms with E-state index < -0.39 is 23.7 Å². The minimum atomic E-state index is -1.05. The summed E-state index contributed by atoms with van der Waals surface area (Å²) in [6.45, 7) is 0. The van der Waals surface area contributed by atoms with Crippen LogP contribution in [0.15, 0.2) is 24.3 Å². The normalized spacial score (nSPS) is 14.7. The van der Waals surface area contributed by atoms with Gasteiger partial charge in [-0.2, -0.15) is 5.10 Å². The number of H-pyrrole nitrogens is 1. The van der Waals surface area contributed by atoms with Gasteiger partial charge in [0.15, 0.2) is 5.69 Å². The van der Waals surface area contributed by atoms with Crippen LogP contribution >= 0.6 is 0 Å². The molecular weight excluding hydrogens is 313 g/mol. The number of halogens is 1. The number of rotatable bonds is 5. The third-order valence-electron chi connectivity index (χ3n) is 4.23. The van der Waals surface area contributed by atoms with Crippen LogP contribution in [0.3, 0.4) is 0 Å². The number of aromatic nitrogens is 2. The van der Waals surface area contributed by atoms with Crippen LogP contribution in [0.25, 0.3) is 0 Å². The van der Waals surface area contributed by atoms with Crippen LogP contribution < -0.4 is 5.32 Å². The summed E-state index contributed by atoms with van der Waals surface area (Å²) in [5, 5.41) is 18.8. The molecule has 1 aliphatic rings. The number of carbonyl (C=O) groups is 2. The molecule has 0 bridgehead atoms.